The molecule has 3 rings (SSSR count). The number of carbonyl (C=O) groups is 1. The molecule has 0 aromatic heterocycles. The summed E-state index contributed by atoms with van der Waals surface area (Å²) in [5, 5.41) is 10.6. The summed E-state index contributed by atoms with van der Waals surface area (Å²) in [5.41, 5.74) is 1.87. The first kappa shape index (κ1) is 18.5. The van der Waals surface area contributed by atoms with E-state index in [2.05, 4.69) is 6.92 Å². The second-order valence-electron chi connectivity index (χ2n) is 7.04. The zero-order valence-corrected chi connectivity index (χ0v) is 15.3. The van der Waals surface area contributed by atoms with Crippen molar-refractivity contribution in [2.24, 2.45) is 0 Å². The highest BCUT2D eigenvalue weighted by molar-refractivity contribution is 5.68. The smallest absolute Gasteiger partial charge is 0.410 e. The number of hydrogen-bond donors (Lipinski definition) is 1. The monoisotopic (exact) mass is 353 g/mol. The lowest BCUT2D eigenvalue weighted by atomic mass is 9.91. The lowest BCUT2D eigenvalue weighted by molar-refractivity contribution is 0.0273. The van der Waals surface area contributed by atoms with Crippen molar-refractivity contribution >= 4 is 6.09 Å². The van der Waals surface area contributed by atoms with Crippen molar-refractivity contribution in [1.29, 1.82) is 0 Å². The third kappa shape index (κ3) is 4.64. The van der Waals surface area contributed by atoms with Gasteiger partial charge in [-0.3, -0.25) is 0 Å². The predicted molar refractivity (Wildman–Crippen MR) is 102 cm³/mol. The Labute approximate surface area is 155 Å². The van der Waals surface area contributed by atoms with E-state index in [9.17, 15) is 9.90 Å². The van der Waals surface area contributed by atoms with Crippen molar-refractivity contribution in [1.82, 2.24) is 4.90 Å². The van der Waals surface area contributed by atoms with Crippen LogP contribution in [-0.4, -0.2) is 28.2 Å². The molecule has 4 nitrogen and oxygen atoms in total. The number of piperidine rings is 1. The number of likely N-dealkylation sites (tertiary alicyclic amines) is 1. The Bertz CT molecular complexity index is 689. The topological polar surface area (TPSA) is 49.8 Å². The molecular formula is C22H27NO3. The standard InChI is InChI=1S/C22H27NO3/c1-17-9-8-14-20(15-21(24)19-12-6-3-7-13-19)23(17)22(25)26-16-18-10-4-2-5-11-18/h2-7,10-13,17,20-21,24H,8-9,14-16H2,1H3/t17-,20-,21+/m1/s1. The van der Waals surface area contributed by atoms with Gasteiger partial charge < -0.3 is 14.7 Å². The van der Waals surface area contributed by atoms with Gasteiger partial charge in [0, 0.05) is 12.1 Å². The fourth-order valence-electron chi connectivity index (χ4n) is 3.71. The number of aliphatic hydroxyl groups excluding tert-OH is 1. The molecule has 1 aliphatic rings. The molecule has 0 radical (unpaired) electrons. The molecule has 138 valence electrons. The Kier molecular flexibility index (Phi) is 6.29. The summed E-state index contributed by atoms with van der Waals surface area (Å²) < 4.78 is 5.56. The van der Waals surface area contributed by atoms with Crippen LogP contribution in [0.1, 0.15) is 49.8 Å². The number of ether oxygens (including phenoxy) is 1. The number of hydrogen-bond acceptors (Lipinski definition) is 3. The zero-order valence-electron chi connectivity index (χ0n) is 15.3. The van der Waals surface area contributed by atoms with E-state index in [-0.39, 0.29) is 24.8 Å². The summed E-state index contributed by atoms with van der Waals surface area (Å²) >= 11 is 0. The van der Waals surface area contributed by atoms with Crippen LogP contribution in [0.4, 0.5) is 4.79 Å². The van der Waals surface area contributed by atoms with Gasteiger partial charge in [0.2, 0.25) is 0 Å². The molecule has 0 saturated carbocycles. The molecule has 1 N–H and O–H groups in total. The number of aliphatic hydroxyl groups is 1. The van der Waals surface area contributed by atoms with Gasteiger partial charge in [-0.1, -0.05) is 60.7 Å². The number of amides is 1. The van der Waals surface area contributed by atoms with Crippen molar-refractivity contribution < 1.29 is 14.6 Å². The number of carbonyl (C=O) groups excluding carboxylic acids is 1. The van der Waals surface area contributed by atoms with E-state index in [0.29, 0.717) is 6.42 Å². The summed E-state index contributed by atoms with van der Waals surface area (Å²) in [6.07, 6.45) is 2.61. The second kappa shape index (κ2) is 8.86. The highest BCUT2D eigenvalue weighted by Crippen LogP contribution is 2.30. The van der Waals surface area contributed by atoms with Crippen molar-refractivity contribution in [3.05, 3.63) is 71.8 Å². The van der Waals surface area contributed by atoms with Crippen LogP contribution < -0.4 is 0 Å². The fraction of sp³-hybridized carbons (Fsp3) is 0.409. The van der Waals surface area contributed by atoms with Gasteiger partial charge in [-0.05, 0) is 43.7 Å². The van der Waals surface area contributed by atoms with Gasteiger partial charge in [0.15, 0.2) is 0 Å². The molecule has 4 heteroatoms. The van der Waals surface area contributed by atoms with Crippen LogP contribution >= 0.6 is 0 Å². The molecule has 0 bridgehead atoms. The van der Waals surface area contributed by atoms with Gasteiger partial charge in [0.1, 0.15) is 6.61 Å². The molecular weight excluding hydrogens is 326 g/mol. The van der Waals surface area contributed by atoms with Crippen LogP contribution in [0.5, 0.6) is 0 Å². The quantitative estimate of drug-likeness (QED) is 0.848. The van der Waals surface area contributed by atoms with E-state index >= 15 is 0 Å². The minimum Gasteiger partial charge on any atom is -0.445 e. The highest BCUT2D eigenvalue weighted by Gasteiger charge is 2.34. The SMILES string of the molecule is C[C@@H]1CCC[C@H](C[C@H](O)c2ccccc2)N1C(=O)OCc1ccccc1. The molecule has 2 aromatic rings. The van der Waals surface area contributed by atoms with E-state index in [1.165, 1.54) is 0 Å². The van der Waals surface area contributed by atoms with E-state index in [1.54, 1.807) is 0 Å². The van der Waals surface area contributed by atoms with E-state index in [0.717, 1.165) is 30.4 Å². The van der Waals surface area contributed by atoms with Crippen LogP contribution in [0.15, 0.2) is 60.7 Å². The Morgan fingerprint density at radius 3 is 2.46 bits per heavy atom. The van der Waals surface area contributed by atoms with Gasteiger partial charge in [-0.15, -0.1) is 0 Å². The summed E-state index contributed by atoms with van der Waals surface area (Å²) in [6, 6.07) is 19.5. The van der Waals surface area contributed by atoms with E-state index < -0.39 is 6.10 Å². The fourth-order valence-corrected chi connectivity index (χ4v) is 3.71. The van der Waals surface area contributed by atoms with Crippen LogP contribution in [0.25, 0.3) is 0 Å². The highest BCUT2D eigenvalue weighted by atomic mass is 16.6. The lowest BCUT2D eigenvalue weighted by Crippen LogP contribution is -2.49. The molecule has 1 aliphatic heterocycles. The maximum absolute atomic E-state index is 12.7. The van der Waals surface area contributed by atoms with E-state index in [1.807, 2.05) is 65.6 Å². The number of benzene rings is 2. The molecule has 26 heavy (non-hydrogen) atoms. The van der Waals surface area contributed by atoms with Crippen LogP contribution in [0, 0.1) is 0 Å². The number of nitrogens with zero attached hydrogens (tertiary/aromatic N) is 1. The average Bonchev–Trinajstić information content (AvgIpc) is 2.68. The normalized spacial score (nSPS) is 21.2. The van der Waals surface area contributed by atoms with Crippen molar-refractivity contribution in [2.45, 2.75) is 57.4 Å². The molecule has 1 heterocycles. The Morgan fingerprint density at radius 1 is 1.12 bits per heavy atom. The van der Waals surface area contributed by atoms with Crippen molar-refractivity contribution in [3.8, 4) is 0 Å². The van der Waals surface area contributed by atoms with Gasteiger partial charge in [0.05, 0.1) is 6.10 Å². The summed E-state index contributed by atoms with van der Waals surface area (Å²) in [4.78, 5) is 14.6. The molecule has 1 fully saturated rings. The van der Waals surface area contributed by atoms with Crippen molar-refractivity contribution in [2.75, 3.05) is 0 Å². The summed E-state index contributed by atoms with van der Waals surface area (Å²) in [6.45, 7) is 2.34. The third-order valence-electron chi connectivity index (χ3n) is 5.12. The Balaban J connectivity index is 1.64. The van der Waals surface area contributed by atoms with Gasteiger partial charge in [-0.2, -0.15) is 0 Å². The molecule has 0 aliphatic carbocycles. The first-order valence-corrected chi connectivity index (χ1v) is 9.37. The third-order valence-corrected chi connectivity index (χ3v) is 5.12. The Hall–Kier alpha value is -2.33. The van der Waals surface area contributed by atoms with Crippen LogP contribution in [0.2, 0.25) is 0 Å². The first-order chi connectivity index (χ1) is 12.6. The molecule has 1 amide bonds. The van der Waals surface area contributed by atoms with Gasteiger partial charge in [0.25, 0.3) is 0 Å². The van der Waals surface area contributed by atoms with Crippen LogP contribution in [0.3, 0.4) is 0 Å². The average molecular weight is 353 g/mol. The molecule has 2 aromatic carbocycles. The van der Waals surface area contributed by atoms with Crippen molar-refractivity contribution in [3.63, 3.8) is 0 Å². The van der Waals surface area contributed by atoms with Gasteiger partial charge in [-0.25, -0.2) is 4.79 Å². The minimum atomic E-state index is -0.573. The number of rotatable bonds is 5. The maximum atomic E-state index is 12.7. The summed E-state index contributed by atoms with van der Waals surface area (Å²) in [5.74, 6) is 0. The molecule has 0 unspecified atom stereocenters. The maximum Gasteiger partial charge on any atom is 0.410 e. The first-order valence-electron chi connectivity index (χ1n) is 9.37. The lowest BCUT2D eigenvalue weighted by Gasteiger charge is -2.40. The van der Waals surface area contributed by atoms with Gasteiger partial charge >= 0.3 is 6.09 Å². The Morgan fingerprint density at radius 2 is 1.77 bits per heavy atom. The zero-order chi connectivity index (χ0) is 18.4. The molecule has 0 spiro atoms. The van der Waals surface area contributed by atoms with E-state index in [4.69, 9.17) is 4.74 Å². The second-order valence-corrected chi connectivity index (χ2v) is 7.04. The largest absolute Gasteiger partial charge is 0.445 e. The molecule has 1 saturated heterocycles. The minimum absolute atomic E-state index is 0.00257. The predicted octanol–water partition coefficient (Wildman–Crippen LogP) is 4.69. The molecule has 3 atom stereocenters. The summed E-state index contributed by atoms with van der Waals surface area (Å²) in [7, 11) is 0. The van der Waals surface area contributed by atoms with Crippen LogP contribution in [-0.2, 0) is 11.3 Å².